The molecule has 176 valence electrons. The Bertz CT molecular complexity index is 832. The standard InChI is InChI=1S/C23H35N5O4/c1-23(2,3)22(31)26-19(16-32-15-18-9-5-4-6-10-18)21-27-25-17-28(21)13-11-20(30)24-12-7-8-14-29/h4-6,9-10,17,19,29H,7-8,11-16H2,1-3H3,(H,24,30)(H,26,31). The number of nitrogens with zero attached hydrogens (tertiary/aromatic N) is 3. The van der Waals surface area contributed by atoms with Crippen molar-refractivity contribution < 1.29 is 19.4 Å². The Morgan fingerprint density at radius 3 is 2.62 bits per heavy atom. The lowest BCUT2D eigenvalue weighted by Crippen LogP contribution is -2.40. The summed E-state index contributed by atoms with van der Waals surface area (Å²) in [7, 11) is 0. The number of hydrogen-bond donors (Lipinski definition) is 3. The topological polar surface area (TPSA) is 118 Å². The molecule has 1 unspecified atom stereocenters. The number of ether oxygens (including phenoxy) is 1. The number of aromatic nitrogens is 3. The van der Waals surface area contributed by atoms with Gasteiger partial charge in [-0.05, 0) is 18.4 Å². The monoisotopic (exact) mass is 445 g/mol. The Morgan fingerprint density at radius 1 is 1.19 bits per heavy atom. The summed E-state index contributed by atoms with van der Waals surface area (Å²) in [6.45, 7) is 7.20. The second-order valence-electron chi connectivity index (χ2n) is 8.69. The van der Waals surface area contributed by atoms with Gasteiger partial charge in [0.15, 0.2) is 5.82 Å². The molecule has 9 nitrogen and oxygen atoms in total. The van der Waals surface area contributed by atoms with Crippen LogP contribution in [0.3, 0.4) is 0 Å². The average Bonchev–Trinajstić information content (AvgIpc) is 3.23. The first-order valence-corrected chi connectivity index (χ1v) is 11.0. The Hall–Kier alpha value is -2.78. The predicted octanol–water partition coefficient (Wildman–Crippen LogP) is 1.98. The minimum absolute atomic E-state index is 0.0850. The molecule has 1 aromatic heterocycles. The maximum absolute atomic E-state index is 12.6. The van der Waals surface area contributed by atoms with Crippen molar-refractivity contribution in [1.29, 1.82) is 0 Å². The second kappa shape index (κ2) is 12.9. The van der Waals surface area contributed by atoms with Gasteiger partial charge in [-0.2, -0.15) is 0 Å². The fraction of sp³-hybridized carbons (Fsp3) is 0.565. The molecule has 1 aromatic carbocycles. The molecule has 1 heterocycles. The Labute approximate surface area is 189 Å². The van der Waals surface area contributed by atoms with Crippen LogP contribution in [-0.2, 0) is 27.5 Å². The molecule has 0 saturated heterocycles. The molecule has 0 saturated carbocycles. The largest absolute Gasteiger partial charge is 0.396 e. The van der Waals surface area contributed by atoms with Gasteiger partial charge in [-0.15, -0.1) is 10.2 Å². The summed E-state index contributed by atoms with van der Waals surface area (Å²) in [5.41, 5.74) is 0.463. The highest BCUT2D eigenvalue weighted by atomic mass is 16.5. The van der Waals surface area contributed by atoms with Gasteiger partial charge >= 0.3 is 0 Å². The third kappa shape index (κ3) is 8.76. The summed E-state index contributed by atoms with van der Waals surface area (Å²) < 4.78 is 7.65. The number of nitrogens with one attached hydrogen (secondary N) is 2. The molecule has 32 heavy (non-hydrogen) atoms. The van der Waals surface area contributed by atoms with Crippen LogP contribution < -0.4 is 10.6 Å². The van der Waals surface area contributed by atoms with Gasteiger partial charge in [0.25, 0.3) is 0 Å². The van der Waals surface area contributed by atoms with Crippen LogP contribution in [-0.4, -0.2) is 51.4 Å². The average molecular weight is 446 g/mol. The fourth-order valence-corrected chi connectivity index (χ4v) is 2.91. The molecular formula is C23H35N5O4. The van der Waals surface area contributed by atoms with Crippen molar-refractivity contribution in [2.75, 3.05) is 19.8 Å². The van der Waals surface area contributed by atoms with Crippen LogP contribution in [0.1, 0.15) is 57.5 Å². The smallest absolute Gasteiger partial charge is 0.226 e. The molecule has 9 heteroatoms. The summed E-state index contributed by atoms with van der Waals surface area (Å²) in [4.78, 5) is 24.7. The van der Waals surface area contributed by atoms with Gasteiger partial charge in [-0.1, -0.05) is 51.1 Å². The molecule has 0 aliphatic rings. The van der Waals surface area contributed by atoms with Crippen molar-refractivity contribution in [2.24, 2.45) is 5.41 Å². The lowest BCUT2D eigenvalue weighted by molar-refractivity contribution is -0.130. The minimum Gasteiger partial charge on any atom is -0.396 e. The number of amides is 2. The number of aryl methyl sites for hydroxylation is 1. The van der Waals surface area contributed by atoms with E-state index in [4.69, 9.17) is 9.84 Å². The van der Waals surface area contributed by atoms with Gasteiger partial charge in [0.2, 0.25) is 11.8 Å². The van der Waals surface area contributed by atoms with E-state index in [1.54, 1.807) is 10.9 Å². The van der Waals surface area contributed by atoms with E-state index in [1.807, 2.05) is 51.1 Å². The summed E-state index contributed by atoms with van der Waals surface area (Å²) >= 11 is 0. The zero-order valence-corrected chi connectivity index (χ0v) is 19.2. The van der Waals surface area contributed by atoms with E-state index in [1.165, 1.54) is 0 Å². The molecule has 1 atom stereocenters. The van der Waals surface area contributed by atoms with Crippen LogP contribution in [0.2, 0.25) is 0 Å². The highest BCUT2D eigenvalue weighted by Crippen LogP contribution is 2.18. The van der Waals surface area contributed by atoms with E-state index in [9.17, 15) is 9.59 Å². The van der Waals surface area contributed by atoms with Crippen molar-refractivity contribution in [1.82, 2.24) is 25.4 Å². The summed E-state index contributed by atoms with van der Waals surface area (Å²) in [5.74, 6) is 0.337. The fourth-order valence-electron chi connectivity index (χ4n) is 2.91. The molecule has 0 fully saturated rings. The van der Waals surface area contributed by atoms with Gasteiger partial charge in [0.1, 0.15) is 12.4 Å². The summed E-state index contributed by atoms with van der Waals surface area (Å²) in [6, 6.07) is 9.29. The Balaban J connectivity index is 2.00. The minimum atomic E-state index is -0.572. The number of carbonyl (C=O) groups is 2. The molecule has 3 N–H and O–H groups in total. The van der Waals surface area contributed by atoms with E-state index in [-0.39, 0.29) is 31.4 Å². The first-order valence-electron chi connectivity index (χ1n) is 11.0. The predicted molar refractivity (Wildman–Crippen MR) is 120 cm³/mol. The molecule has 0 spiro atoms. The van der Waals surface area contributed by atoms with Crippen LogP contribution in [0.15, 0.2) is 36.7 Å². The van der Waals surface area contributed by atoms with E-state index < -0.39 is 11.5 Å². The third-order valence-electron chi connectivity index (χ3n) is 4.83. The van der Waals surface area contributed by atoms with Gasteiger partial charge in [-0.25, -0.2) is 0 Å². The molecule has 0 bridgehead atoms. The van der Waals surface area contributed by atoms with Crippen LogP contribution >= 0.6 is 0 Å². The third-order valence-corrected chi connectivity index (χ3v) is 4.83. The van der Waals surface area contributed by atoms with Crippen molar-refractivity contribution in [3.05, 3.63) is 48.0 Å². The van der Waals surface area contributed by atoms with Gasteiger partial charge in [0.05, 0.1) is 13.2 Å². The van der Waals surface area contributed by atoms with Crippen LogP contribution in [0.5, 0.6) is 0 Å². The number of unbranched alkanes of at least 4 members (excludes halogenated alkanes) is 1. The molecule has 2 amide bonds. The molecule has 0 aliphatic heterocycles. The second-order valence-corrected chi connectivity index (χ2v) is 8.69. The van der Waals surface area contributed by atoms with Crippen molar-refractivity contribution >= 4 is 11.8 Å². The molecular weight excluding hydrogens is 410 g/mol. The SMILES string of the molecule is CC(C)(C)C(=O)NC(COCc1ccccc1)c1nncn1CCC(=O)NCCCCO. The molecule has 0 aliphatic carbocycles. The van der Waals surface area contributed by atoms with Crippen molar-refractivity contribution in [3.63, 3.8) is 0 Å². The maximum atomic E-state index is 12.6. The lowest BCUT2D eigenvalue weighted by atomic mass is 9.95. The normalized spacial score (nSPS) is 12.4. The molecule has 0 radical (unpaired) electrons. The number of aliphatic hydroxyl groups excluding tert-OH is 1. The summed E-state index contributed by atoms with van der Waals surface area (Å²) in [6.07, 6.45) is 3.21. The van der Waals surface area contributed by atoms with Crippen LogP contribution in [0, 0.1) is 5.41 Å². The Kier molecular flexibility index (Phi) is 10.3. The highest BCUT2D eigenvalue weighted by Gasteiger charge is 2.27. The lowest BCUT2D eigenvalue weighted by Gasteiger charge is -2.24. The van der Waals surface area contributed by atoms with E-state index in [2.05, 4.69) is 20.8 Å². The van der Waals surface area contributed by atoms with Crippen molar-refractivity contribution in [3.8, 4) is 0 Å². The van der Waals surface area contributed by atoms with E-state index in [0.717, 1.165) is 12.0 Å². The van der Waals surface area contributed by atoms with E-state index in [0.29, 0.717) is 31.9 Å². The highest BCUT2D eigenvalue weighted by molar-refractivity contribution is 5.81. The maximum Gasteiger partial charge on any atom is 0.226 e. The van der Waals surface area contributed by atoms with E-state index >= 15 is 0 Å². The summed E-state index contributed by atoms with van der Waals surface area (Å²) in [5, 5.41) is 22.8. The number of benzene rings is 1. The van der Waals surface area contributed by atoms with Gasteiger partial charge in [-0.3, -0.25) is 9.59 Å². The molecule has 2 aromatic rings. The van der Waals surface area contributed by atoms with Gasteiger partial charge < -0.3 is 25.0 Å². The number of rotatable bonds is 13. The number of carbonyl (C=O) groups excluding carboxylic acids is 2. The zero-order chi connectivity index (χ0) is 23.4. The van der Waals surface area contributed by atoms with Gasteiger partial charge in [0, 0.05) is 31.5 Å². The Morgan fingerprint density at radius 2 is 1.94 bits per heavy atom. The van der Waals surface area contributed by atoms with Crippen molar-refractivity contribution in [2.45, 2.75) is 59.2 Å². The van der Waals surface area contributed by atoms with Crippen LogP contribution in [0.4, 0.5) is 0 Å². The quantitative estimate of drug-likeness (QED) is 0.406. The number of hydrogen-bond acceptors (Lipinski definition) is 6. The molecule has 2 rings (SSSR count). The first-order chi connectivity index (χ1) is 15.3. The zero-order valence-electron chi connectivity index (χ0n) is 19.2. The number of aliphatic hydroxyl groups is 1. The first kappa shape index (κ1) is 25.5. The van der Waals surface area contributed by atoms with Crippen LogP contribution in [0.25, 0.3) is 0 Å².